The van der Waals surface area contributed by atoms with Crippen molar-refractivity contribution in [2.75, 3.05) is 46.0 Å². The molecule has 1 rings (SSSR count). The molecule has 0 radical (unpaired) electrons. The summed E-state index contributed by atoms with van der Waals surface area (Å²) in [5.74, 6) is -1.89. The largest absolute Gasteiger partial charge is 0.466 e. The molecule has 22 heavy (non-hydrogen) atoms. The average Bonchev–Trinajstić information content (AvgIpc) is 2.53. The molecular formula is C14H24N2O6. The number of hydrogen-bond donors (Lipinski definition) is 2. The molecule has 1 aliphatic rings. The first kappa shape index (κ1) is 18.4. The SMILES string of the molecule is CCOC(=O)C1CCN(C(=O)C(=O)N(CCO)CCO)CC1. The number of amides is 2. The fourth-order valence-electron chi connectivity index (χ4n) is 2.41. The molecule has 0 saturated carbocycles. The maximum absolute atomic E-state index is 12.1. The molecule has 8 nitrogen and oxygen atoms in total. The van der Waals surface area contributed by atoms with Crippen molar-refractivity contribution in [3.05, 3.63) is 0 Å². The molecule has 0 aromatic heterocycles. The number of carbonyl (C=O) groups excluding carboxylic acids is 3. The zero-order valence-electron chi connectivity index (χ0n) is 12.9. The second-order valence-corrected chi connectivity index (χ2v) is 5.06. The quantitative estimate of drug-likeness (QED) is 0.461. The summed E-state index contributed by atoms with van der Waals surface area (Å²) < 4.78 is 4.95. The summed E-state index contributed by atoms with van der Waals surface area (Å²) in [5, 5.41) is 17.8. The van der Waals surface area contributed by atoms with Crippen molar-refractivity contribution in [2.24, 2.45) is 5.92 Å². The van der Waals surface area contributed by atoms with Crippen LogP contribution >= 0.6 is 0 Å². The van der Waals surface area contributed by atoms with Crippen LogP contribution in [0.3, 0.4) is 0 Å². The third-order valence-corrected chi connectivity index (χ3v) is 3.61. The summed E-state index contributed by atoms with van der Waals surface area (Å²) >= 11 is 0. The van der Waals surface area contributed by atoms with Crippen molar-refractivity contribution >= 4 is 17.8 Å². The number of aliphatic hydroxyl groups excluding tert-OH is 2. The molecule has 0 aromatic carbocycles. The van der Waals surface area contributed by atoms with Crippen LogP contribution in [0.25, 0.3) is 0 Å². The fourth-order valence-corrected chi connectivity index (χ4v) is 2.41. The molecular weight excluding hydrogens is 292 g/mol. The Labute approximate surface area is 129 Å². The predicted molar refractivity (Wildman–Crippen MR) is 76.7 cm³/mol. The molecule has 0 atom stereocenters. The number of piperidine rings is 1. The molecule has 0 spiro atoms. The Morgan fingerprint density at radius 3 is 2.14 bits per heavy atom. The lowest BCUT2D eigenvalue weighted by Crippen LogP contribution is -2.49. The van der Waals surface area contributed by atoms with Gasteiger partial charge in [-0.2, -0.15) is 0 Å². The zero-order valence-corrected chi connectivity index (χ0v) is 12.9. The maximum atomic E-state index is 12.1. The Hall–Kier alpha value is -1.67. The van der Waals surface area contributed by atoms with E-state index in [2.05, 4.69) is 0 Å². The fraction of sp³-hybridized carbons (Fsp3) is 0.786. The van der Waals surface area contributed by atoms with E-state index in [9.17, 15) is 14.4 Å². The highest BCUT2D eigenvalue weighted by Gasteiger charge is 2.32. The van der Waals surface area contributed by atoms with Crippen molar-refractivity contribution in [3.8, 4) is 0 Å². The topological polar surface area (TPSA) is 107 Å². The minimum atomic E-state index is -0.738. The minimum absolute atomic E-state index is 0.00439. The van der Waals surface area contributed by atoms with Crippen molar-refractivity contribution in [1.29, 1.82) is 0 Å². The first-order valence-electron chi connectivity index (χ1n) is 7.51. The number of likely N-dealkylation sites (tertiary alicyclic amines) is 1. The van der Waals surface area contributed by atoms with Gasteiger partial charge >= 0.3 is 17.8 Å². The van der Waals surface area contributed by atoms with Crippen LogP contribution in [0.5, 0.6) is 0 Å². The Morgan fingerprint density at radius 2 is 1.68 bits per heavy atom. The number of ether oxygens (including phenoxy) is 1. The average molecular weight is 316 g/mol. The lowest BCUT2D eigenvalue weighted by Gasteiger charge is -2.32. The van der Waals surface area contributed by atoms with Crippen LogP contribution in [0.15, 0.2) is 0 Å². The zero-order chi connectivity index (χ0) is 16.5. The molecule has 2 N–H and O–H groups in total. The van der Waals surface area contributed by atoms with Crippen LogP contribution in [0, 0.1) is 5.92 Å². The summed E-state index contributed by atoms with van der Waals surface area (Å²) in [7, 11) is 0. The highest BCUT2D eigenvalue weighted by molar-refractivity contribution is 6.34. The molecule has 1 heterocycles. The summed E-state index contributed by atoms with van der Waals surface area (Å²) in [5.41, 5.74) is 0. The van der Waals surface area contributed by atoms with E-state index in [-0.39, 0.29) is 38.2 Å². The molecule has 1 aliphatic heterocycles. The standard InChI is InChI=1S/C14H24N2O6/c1-2-22-14(21)11-3-5-15(6-4-11)12(19)13(20)16(7-9-17)8-10-18/h11,17-18H,2-10H2,1H3. The first-order chi connectivity index (χ1) is 10.5. The summed E-state index contributed by atoms with van der Waals surface area (Å²) in [6.45, 7) is 2.17. The first-order valence-corrected chi connectivity index (χ1v) is 7.51. The highest BCUT2D eigenvalue weighted by Crippen LogP contribution is 2.19. The van der Waals surface area contributed by atoms with Gasteiger partial charge in [0.15, 0.2) is 0 Å². The number of esters is 1. The van der Waals surface area contributed by atoms with Gasteiger partial charge in [-0.05, 0) is 19.8 Å². The van der Waals surface area contributed by atoms with Gasteiger partial charge in [-0.3, -0.25) is 14.4 Å². The van der Waals surface area contributed by atoms with Crippen LogP contribution in [0.1, 0.15) is 19.8 Å². The van der Waals surface area contributed by atoms with Crippen LogP contribution in [0.4, 0.5) is 0 Å². The second-order valence-electron chi connectivity index (χ2n) is 5.06. The summed E-state index contributed by atoms with van der Waals surface area (Å²) in [6.07, 6.45) is 0.940. The van der Waals surface area contributed by atoms with E-state index < -0.39 is 11.8 Å². The minimum Gasteiger partial charge on any atom is -0.466 e. The molecule has 2 amide bonds. The van der Waals surface area contributed by atoms with E-state index in [0.29, 0.717) is 32.5 Å². The van der Waals surface area contributed by atoms with Gasteiger partial charge in [0.25, 0.3) is 0 Å². The molecule has 0 aliphatic carbocycles. The van der Waals surface area contributed by atoms with Gasteiger partial charge in [0, 0.05) is 26.2 Å². The van der Waals surface area contributed by atoms with Gasteiger partial charge in [0.1, 0.15) is 0 Å². The van der Waals surface area contributed by atoms with E-state index in [0.717, 1.165) is 4.90 Å². The number of aliphatic hydroxyl groups is 2. The second kappa shape index (κ2) is 9.37. The summed E-state index contributed by atoms with van der Waals surface area (Å²) in [4.78, 5) is 38.4. The van der Waals surface area contributed by atoms with Crippen LogP contribution < -0.4 is 0 Å². The van der Waals surface area contributed by atoms with Gasteiger partial charge in [-0.25, -0.2) is 0 Å². The molecule has 0 unspecified atom stereocenters. The summed E-state index contributed by atoms with van der Waals surface area (Å²) in [6, 6.07) is 0. The Morgan fingerprint density at radius 1 is 1.14 bits per heavy atom. The van der Waals surface area contributed by atoms with Gasteiger partial charge in [0.2, 0.25) is 0 Å². The lowest BCUT2D eigenvalue weighted by atomic mass is 9.97. The van der Waals surface area contributed by atoms with E-state index >= 15 is 0 Å². The monoisotopic (exact) mass is 316 g/mol. The van der Waals surface area contributed by atoms with Crippen LogP contribution in [0.2, 0.25) is 0 Å². The maximum Gasteiger partial charge on any atom is 0.312 e. The predicted octanol–water partition coefficient (Wildman–Crippen LogP) is -1.40. The Kier molecular flexibility index (Phi) is 7.83. The van der Waals surface area contributed by atoms with Crippen molar-refractivity contribution in [1.82, 2.24) is 9.80 Å². The highest BCUT2D eigenvalue weighted by atomic mass is 16.5. The van der Waals surface area contributed by atoms with E-state index in [1.165, 1.54) is 4.90 Å². The van der Waals surface area contributed by atoms with Crippen molar-refractivity contribution in [2.45, 2.75) is 19.8 Å². The Balaban J connectivity index is 2.53. The van der Waals surface area contributed by atoms with Crippen molar-refractivity contribution in [3.63, 3.8) is 0 Å². The molecule has 0 bridgehead atoms. The molecule has 8 heteroatoms. The number of hydrogen-bond acceptors (Lipinski definition) is 6. The molecule has 126 valence electrons. The number of rotatable bonds is 6. The smallest absolute Gasteiger partial charge is 0.312 e. The van der Waals surface area contributed by atoms with Crippen LogP contribution in [-0.2, 0) is 19.1 Å². The van der Waals surface area contributed by atoms with Crippen molar-refractivity contribution < 1.29 is 29.3 Å². The third-order valence-electron chi connectivity index (χ3n) is 3.61. The van der Waals surface area contributed by atoms with Crippen LogP contribution in [-0.4, -0.2) is 83.8 Å². The number of nitrogens with zero attached hydrogens (tertiary/aromatic N) is 2. The Bertz CT molecular complexity index is 387. The van der Waals surface area contributed by atoms with Gasteiger partial charge < -0.3 is 24.7 Å². The molecule has 0 aromatic rings. The van der Waals surface area contributed by atoms with E-state index in [1.807, 2.05) is 0 Å². The molecule has 1 saturated heterocycles. The van der Waals surface area contributed by atoms with Gasteiger partial charge in [-0.15, -0.1) is 0 Å². The van der Waals surface area contributed by atoms with Gasteiger partial charge in [-0.1, -0.05) is 0 Å². The third kappa shape index (κ3) is 4.96. The van der Waals surface area contributed by atoms with Gasteiger partial charge in [0.05, 0.1) is 25.7 Å². The normalized spacial score (nSPS) is 15.5. The van der Waals surface area contributed by atoms with E-state index in [4.69, 9.17) is 14.9 Å². The number of carbonyl (C=O) groups is 3. The van der Waals surface area contributed by atoms with E-state index in [1.54, 1.807) is 6.92 Å². The molecule has 1 fully saturated rings. The lowest BCUT2D eigenvalue weighted by molar-refractivity contribution is -0.155.